The monoisotopic (exact) mass is 708 g/mol. The van der Waals surface area contributed by atoms with Crippen LogP contribution in [0.15, 0.2) is 66.0 Å². The van der Waals surface area contributed by atoms with E-state index >= 15 is 0 Å². The summed E-state index contributed by atoms with van der Waals surface area (Å²) >= 11 is 0. The van der Waals surface area contributed by atoms with Crippen molar-refractivity contribution in [2.45, 2.75) is 147 Å². The number of aliphatic hydroxyl groups excluding tert-OH is 2. The Kier molecular flexibility index (Phi) is 17.0. The number of aryl methyl sites for hydroxylation is 1. The molecule has 2 aliphatic carbocycles. The van der Waals surface area contributed by atoms with Crippen LogP contribution in [0.4, 0.5) is 0 Å². The third-order valence-corrected chi connectivity index (χ3v) is 12.0. The van der Waals surface area contributed by atoms with Crippen molar-refractivity contribution in [1.82, 2.24) is 10.6 Å². The molecule has 0 saturated heterocycles. The molecule has 0 radical (unpaired) electrons. The van der Waals surface area contributed by atoms with E-state index in [0.717, 1.165) is 64.3 Å². The normalized spacial score (nSPS) is 28.1. The summed E-state index contributed by atoms with van der Waals surface area (Å²) in [5, 5.41) is 50.6. The average molecular weight is 708 g/mol. The number of hydrogen-bond donors (Lipinski definition) is 7. The summed E-state index contributed by atoms with van der Waals surface area (Å²) in [6.45, 7) is 5.95. The summed E-state index contributed by atoms with van der Waals surface area (Å²) < 4.78 is 0. The van der Waals surface area contributed by atoms with E-state index in [9.17, 15) is 25.2 Å². The number of aliphatic carboxylic acids is 1. The fraction of sp³-hybridized carbons (Fsp3) is 0.698. The summed E-state index contributed by atoms with van der Waals surface area (Å²) in [6.07, 6.45) is 21.7. The standard InChI is InChI=1S/C43H69N3O5/c1-3-4-7-14-33-19-20-35(40(48)26-33)15-10-6-11-16-38(42(49)50)39(47)21-23-43(51)28-36(25-34-22-24-45-41(44)27-34)37(29-43)30-46-31(2)17-18-32-12-8-5-9-13-32/h5,8-9,12-13,19-20,22,27,31,33,35-40,45-48,51H,3-4,6-7,10-11,14-18,21,23-26,28-30,44H2,1-2H3,(H,49,50). The molecule has 3 aliphatic rings. The molecule has 9 unspecified atom stereocenters. The van der Waals surface area contributed by atoms with Crippen LogP contribution in [0.5, 0.6) is 0 Å². The van der Waals surface area contributed by atoms with Gasteiger partial charge in [0.1, 0.15) is 0 Å². The molecule has 0 amide bonds. The van der Waals surface area contributed by atoms with Gasteiger partial charge in [0.25, 0.3) is 0 Å². The van der Waals surface area contributed by atoms with E-state index in [2.05, 4.69) is 67.0 Å². The third-order valence-electron chi connectivity index (χ3n) is 12.0. The summed E-state index contributed by atoms with van der Waals surface area (Å²) in [4.78, 5) is 12.2. The SMILES string of the molecule is CCCCCC1C=CC(CCCCCC(C(=O)O)C(O)CCC2(O)CC(CNC(C)CCc3ccccc3)C(CC3=CCNC(N)=C3)C2)C(O)C1. The van der Waals surface area contributed by atoms with Gasteiger partial charge in [-0.15, -0.1) is 0 Å². The molecule has 1 aromatic rings. The zero-order valence-electron chi connectivity index (χ0n) is 31.5. The first-order valence-electron chi connectivity index (χ1n) is 20.2. The Morgan fingerprint density at radius 3 is 2.51 bits per heavy atom. The molecule has 0 bridgehead atoms. The van der Waals surface area contributed by atoms with Gasteiger partial charge in [-0.25, -0.2) is 0 Å². The molecule has 1 heterocycles. The Hall–Kier alpha value is -2.65. The molecule has 8 N–H and O–H groups in total. The number of aliphatic hydroxyl groups is 3. The van der Waals surface area contributed by atoms with Crippen LogP contribution in [0.2, 0.25) is 0 Å². The number of nitrogens with two attached hydrogens (primary N) is 1. The number of nitrogens with one attached hydrogen (secondary N) is 2. The van der Waals surface area contributed by atoms with Crippen molar-refractivity contribution >= 4 is 5.97 Å². The van der Waals surface area contributed by atoms with Crippen LogP contribution in [-0.2, 0) is 11.2 Å². The van der Waals surface area contributed by atoms with Gasteiger partial charge in [0.05, 0.1) is 29.5 Å². The highest BCUT2D eigenvalue weighted by Crippen LogP contribution is 2.45. The molecule has 4 rings (SSSR count). The van der Waals surface area contributed by atoms with Gasteiger partial charge in [0, 0.05) is 18.5 Å². The summed E-state index contributed by atoms with van der Waals surface area (Å²) in [5.74, 6) is 0.0463. The molecule has 51 heavy (non-hydrogen) atoms. The molecule has 1 aliphatic heterocycles. The molecular weight excluding hydrogens is 638 g/mol. The van der Waals surface area contributed by atoms with Crippen molar-refractivity contribution in [3.63, 3.8) is 0 Å². The van der Waals surface area contributed by atoms with Gasteiger partial charge in [0.15, 0.2) is 0 Å². The van der Waals surface area contributed by atoms with Gasteiger partial charge in [-0.05, 0) is 119 Å². The maximum Gasteiger partial charge on any atom is 0.309 e. The molecule has 0 spiro atoms. The van der Waals surface area contributed by atoms with Crippen LogP contribution in [-0.4, -0.2) is 63.3 Å². The number of carboxylic acids is 1. The number of dihydropyridines is 1. The van der Waals surface area contributed by atoms with Gasteiger partial charge < -0.3 is 36.8 Å². The van der Waals surface area contributed by atoms with Gasteiger partial charge in [-0.3, -0.25) is 4.79 Å². The van der Waals surface area contributed by atoms with Crippen molar-refractivity contribution in [3.05, 3.63) is 71.6 Å². The van der Waals surface area contributed by atoms with Crippen LogP contribution >= 0.6 is 0 Å². The number of allylic oxidation sites excluding steroid dienone is 3. The Labute approximate surface area is 308 Å². The fourth-order valence-electron chi connectivity index (χ4n) is 8.78. The number of benzene rings is 1. The van der Waals surface area contributed by atoms with Gasteiger partial charge in [-0.1, -0.05) is 94.0 Å². The second-order valence-electron chi connectivity index (χ2n) is 16.2. The number of unbranched alkanes of at least 4 members (excludes halogenated alkanes) is 4. The van der Waals surface area contributed by atoms with Crippen LogP contribution in [0, 0.1) is 29.6 Å². The maximum absolute atomic E-state index is 12.2. The second-order valence-corrected chi connectivity index (χ2v) is 16.2. The topological polar surface area (TPSA) is 148 Å². The first-order valence-corrected chi connectivity index (χ1v) is 20.2. The molecule has 9 atom stereocenters. The van der Waals surface area contributed by atoms with Crippen molar-refractivity contribution in [1.29, 1.82) is 0 Å². The lowest BCUT2D eigenvalue weighted by Crippen LogP contribution is -2.34. The zero-order chi connectivity index (χ0) is 36.6. The summed E-state index contributed by atoms with van der Waals surface area (Å²) in [5.41, 5.74) is 7.65. The molecule has 1 saturated carbocycles. The van der Waals surface area contributed by atoms with Gasteiger partial charge in [-0.2, -0.15) is 0 Å². The zero-order valence-corrected chi connectivity index (χ0v) is 31.5. The first-order chi connectivity index (χ1) is 24.5. The molecule has 8 nitrogen and oxygen atoms in total. The van der Waals surface area contributed by atoms with Crippen molar-refractivity contribution in [3.8, 4) is 0 Å². The van der Waals surface area contributed by atoms with E-state index in [1.807, 2.05) is 12.1 Å². The fourth-order valence-corrected chi connectivity index (χ4v) is 8.78. The lowest BCUT2D eigenvalue weighted by Gasteiger charge is -2.28. The minimum absolute atomic E-state index is 0.181. The van der Waals surface area contributed by atoms with E-state index in [-0.39, 0.29) is 30.3 Å². The lowest BCUT2D eigenvalue weighted by molar-refractivity contribution is -0.146. The summed E-state index contributed by atoms with van der Waals surface area (Å²) in [7, 11) is 0. The molecule has 1 fully saturated rings. The van der Waals surface area contributed by atoms with E-state index in [1.54, 1.807) is 0 Å². The highest BCUT2D eigenvalue weighted by atomic mass is 16.4. The largest absolute Gasteiger partial charge is 0.481 e. The van der Waals surface area contributed by atoms with Crippen molar-refractivity contribution < 1.29 is 25.2 Å². The van der Waals surface area contributed by atoms with E-state index in [1.165, 1.54) is 30.4 Å². The van der Waals surface area contributed by atoms with Crippen LogP contribution in [0.1, 0.15) is 122 Å². The van der Waals surface area contributed by atoms with E-state index in [0.29, 0.717) is 50.0 Å². The van der Waals surface area contributed by atoms with Crippen molar-refractivity contribution in [2.24, 2.45) is 35.3 Å². The minimum atomic E-state index is -0.997. The number of rotatable bonds is 23. The second kappa shape index (κ2) is 21.2. The van der Waals surface area contributed by atoms with Crippen LogP contribution in [0.3, 0.4) is 0 Å². The molecular formula is C43H69N3O5. The first kappa shape index (κ1) is 41.1. The molecule has 1 aromatic carbocycles. The number of hydrogen-bond acceptors (Lipinski definition) is 7. The average Bonchev–Trinajstić information content (AvgIpc) is 3.42. The van der Waals surface area contributed by atoms with Crippen LogP contribution < -0.4 is 16.4 Å². The Bertz CT molecular complexity index is 1270. The van der Waals surface area contributed by atoms with Gasteiger partial charge >= 0.3 is 5.97 Å². The van der Waals surface area contributed by atoms with Gasteiger partial charge in [0.2, 0.25) is 0 Å². The number of carboxylic acid groups (broad SMARTS) is 1. The quantitative estimate of drug-likeness (QED) is 0.0475. The van der Waals surface area contributed by atoms with E-state index in [4.69, 9.17) is 5.73 Å². The highest BCUT2D eigenvalue weighted by Gasteiger charge is 2.44. The Morgan fingerprint density at radius 1 is 1.02 bits per heavy atom. The Balaban J connectivity index is 1.23. The van der Waals surface area contributed by atoms with E-state index < -0.39 is 23.6 Å². The molecule has 8 heteroatoms. The minimum Gasteiger partial charge on any atom is -0.481 e. The highest BCUT2D eigenvalue weighted by molar-refractivity contribution is 5.70. The summed E-state index contributed by atoms with van der Waals surface area (Å²) in [6, 6.07) is 10.9. The predicted octanol–water partition coefficient (Wildman–Crippen LogP) is 7.00. The number of carbonyl (C=O) groups is 1. The molecule has 0 aromatic heterocycles. The lowest BCUT2D eigenvalue weighted by atomic mass is 9.81. The maximum atomic E-state index is 12.2. The van der Waals surface area contributed by atoms with Crippen molar-refractivity contribution in [2.75, 3.05) is 13.1 Å². The smallest absolute Gasteiger partial charge is 0.309 e. The molecule has 286 valence electrons. The third kappa shape index (κ3) is 14.0. The predicted molar refractivity (Wildman–Crippen MR) is 207 cm³/mol. The Morgan fingerprint density at radius 2 is 1.78 bits per heavy atom. The van der Waals surface area contributed by atoms with Crippen LogP contribution in [0.25, 0.3) is 0 Å².